The molecule has 0 saturated heterocycles. The van der Waals surface area contributed by atoms with Crippen molar-refractivity contribution >= 4 is 52.7 Å². The molecule has 0 aromatic heterocycles. The van der Waals surface area contributed by atoms with Gasteiger partial charge in [0.1, 0.15) is 0 Å². The van der Waals surface area contributed by atoms with Crippen LogP contribution in [0.5, 0.6) is 0 Å². The molecule has 1 aromatic carbocycles. The monoisotopic (exact) mass is 585 g/mol. The van der Waals surface area contributed by atoms with E-state index in [-0.39, 0.29) is 33.8 Å². The van der Waals surface area contributed by atoms with Crippen LogP contribution >= 0.6 is 0 Å². The molecule has 12 heteroatoms. The predicted molar refractivity (Wildman–Crippen MR) is 158 cm³/mol. The van der Waals surface area contributed by atoms with E-state index in [1.54, 1.807) is 41.5 Å². The van der Waals surface area contributed by atoms with Gasteiger partial charge in [0.05, 0.1) is 0 Å². The number of anilines is 3. The minimum Gasteiger partial charge on any atom is -0.478 e. The molecule has 42 heavy (non-hydrogen) atoms. The number of benzene rings is 1. The first-order chi connectivity index (χ1) is 19.3. The van der Waals surface area contributed by atoms with Gasteiger partial charge in [-0.3, -0.25) is 14.4 Å². The van der Waals surface area contributed by atoms with Crippen LogP contribution in [-0.2, 0) is 28.8 Å². The fraction of sp³-hybridized carbons (Fsp3) is 0.400. The second-order valence-corrected chi connectivity index (χ2v) is 11.0. The molecule has 6 N–H and O–H groups in total. The van der Waals surface area contributed by atoms with E-state index in [0.29, 0.717) is 12.8 Å². The average molecular weight is 586 g/mol. The first-order valence-corrected chi connectivity index (χ1v) is 13.3. The minimum atomic E-state index is -1.28. The Morgan fingerprint density at radius 1 is 0.690 bits per heavy atom. The van der Waals surface area contributed by atoms with Crippen LogP contribution in [0.3, 0.4) is 0 Å². The van der Waals surface area contributed by atoms with Crippen molar-refractivity contribution in [2.75, 3.05) is 16.0 Å². The molecule has 0 saturated carbocycles. The van der Waals surface area contributed by atoms with Gasteiger partial charge in [0, 0.05) is 52.0 Å². The second kappa shape index (κ2) is 15.3. The SMILES string of the molecule is CCCC(C)/C(=C/C(=O)Nc1cc(NC(=O)/C=C(\C(=O)O)C(C)C)cc(NC(=O)/C=C(\C(=O)O)C(C)(C)C)c1)C(=O)O. The first kappa shape index (κ1) is 35.3. The average Bonchev–Trinajstić information content (AvgIpc) is 2.82. The molecule has 228 valence electrons. The second-order valence-electron chi connectivity index (χ2n) is 11.0. The highest BCUT2D eigenvalue weighted by atomic mass is 16.4. The lowest BCUT2D eigenvalue weighted by Gasteiger charge is -2.19. The van der Waals surface area contributed by atoms with E-state index in [1.165, 1.54) is 18.2 Å². The third kappa shape index (κ3) is 11.4. The summed E-state index contributed by atoms with van der Waals surface area (Å²) in [6.45, 7) is 11.7. The van der Waals surface area contributed by atoms with Gasteiger partial charge in [0.2, 0.25) is 17.7 Å². The summed E-state index contributed by atoms with van der Waals surface area (Å²) in [5.41, 5.74) is -1.10. The Balaban J connectivity index is 3.53. The van der Waals surface area contributed by atoms with E-state index in [0.717, 1.165) is 18.2 Å². The summed E-state index contributed by atoms with van der Waals surface area (Å²) in [4.78, 5) is 72.9. The standard InChI is InChI=1S/C30H39N3O9/c1-8-9-17(4)22(28(39)40)14-25(35)32-19-10-18(31-24(34)13-21(16(2)3)27(37)38)11-20(12-19)33-26(36)15-23(29(41)42)30(5,6)7/h10-17H,8-9H2,1-7H3,(H,31,34)(H,32,35)(H,33,36)(H,37,38)(H,39,40)(H,41,42)/b21-13-,22-14-,23-15+. The Morgan fingerprint density at radius 3 is 1.38 bits per heavy atom. The number of carbonyl (C=O) groups excluding carboxylic acids is 3. The Morgan fingerprint density at radius 2 is 1.07 bits per heavy atom. The zero-order chi connectivity index (χ0) is 32.4. The highest BCUT2D eigenvalue weighted by molar-refractivity contribution is 6.09. The highest BCUT2D eigenvalue weighted by Crippen LogP contribution is 2.27. The Bertz CT molecular complexity index is 1330. The number of amides is 3. The largest absolute Gasteiger partial charge is 0.478 e. The van der Waals surface area contributed by atoms with Gasteiger partial charge in [-0.2, -0.15) is 0 Å². The fourth-order valence-electron chi connectivity index (χ4n) is 3.87. The lowest BCUT2D eigenvalue weighted by Crippen LogP contribution is -2.21. The van der Waals surface area contributed by atoms with Gasteiger partial charge < -0.3 is 31.3 Å². The Kier molecular flexibility index (Phi) is 12.9. The smallest absolute Gasteiger partial charge is 0.332 e. The van der Waals surface area contributed by atoms with Crippen LogP contribution in [0.15, 0.2) is 53.1 Å². The van der Waals surface area contributed by atoms with E-state index in [1.807, 2.05) is 6.92 Å². The van der Waals surface area contributed by atoms with Crippen molar-refractivity contribution < 1.29 is 44.1 Å². The van der Waals surface area contributed by atoms with E-state index in [2.05, 4.69) is 16.0 Å². The Labute approximate surface area is 244 Å². The molecule has 0 aliphatic rings. The maximum absolute atomic E-state index is 12.8. The van der Waals surface area contributed by atoms with Crippen LogP contribution in [0.4, 0.5) is 17.1 Å². The van der Waals surface area contributed by atoms with Crippen LogP contribution in [0.1, 0.15) is 61.3 Å². The molecule has 1 rings (SSSR count). The normalized spacial score (nSPS) is 13.3. The van der Waals surface area contributed by atoms with Gasteiger partial charge in [0.25, 0.3) is 0 Å². The molecular formula is C30H39N3O9. The summed E-state index contributed by atoms with van der Waals surface area (Å²) < 4.78 is 0. The van der Waals surface area contributed by atoms with E-state index < -0.39 is 52.9 Å². The number of carboxylic acids is 3. The van der Waals surface area contributed by atoms with Gasteiger partial charge >= 0.3 is 17.9 Å². The van der Waals surface area contributed by atoms with E-state index in [4.69, 9.17) is 0 Å². The third-order valence-corrected chi connectivity index (χ3v) is 5.99. The molecule has 0 fully saturated rings. The lowest BCUT2D eigenvalue weighted by atomic mass is 9.86. The molecule has 0 spiro atoms. The van der Waals surface area contributed by atoms with Gasteiger partial charge in [-0.15, -0.1) is 0 Å². The zero-order valence-electron chi connectivity index (χ0n) is 24.8. The molecule has 0 aliphatic carbocycles. The third-order valence-electron chi connectivity index (χ3n) is 5.99. The van der Waals surface area contributed by atoms with Crippen molar-refractivity contribution in [3.63, 3.8) is 0 Å². The molecule has 3 amide bonds. The minimum absolute atomic E-state index is 0.0519. The molecule has 1 atom stereocenters. The quantitative estimate of drug-likeness (QED) is 0.178. The summed E-state index contributed by atoms with van der Waals surface area (Å²) in [6.07, 6.45) is 4.06. The topological polar surface area (TPSA) is 199 Å². The highest BCUT2D eigenvalue weighted by Gasteiger charge is 2.25. The number of carboxylic acid groups (broad SMARTS) is 3. The van der Waals surface area contributed by atoms with Crippen LogP contribution in [-0.4, -0.2) is 50.9 Å². The number of hydrogen-bond acceptors (Lipinski definition) is 6. The van der Waals surface area contributed by atoms with Crippen molar-refractivity contribution in [3.8, 4) is 0 Å². The Hall–Kier alpha value is -4.74. The summed E-state index contributed by atoms with van der Waals surface area (Å²) in [6, 6.07) is 3.97. The summed E-state index contributed by atoms with van der Waals surface area (Å²) in [5.74, 6) is -7.01. The molecule has 0 heterocycles. The summed E-state index contributed by atoms with van der Waals surface area (Å²) in [7, 11) is 0. The number of carbonyl (C=O) groups is 6. The van der Waals surface area contributed by atoms with Crippen LogP contribution in [0.25, 0.3) is 0 Å². The maximum Gasteiger partial charge on any atom is 0.332 e. The number of rotatable bonds is 13. The maximum atomic E-state index is 12.8. The molecule has 1 aromatic rings. The molecule has 0 bridgehead atoms. The van der Waals surface area contributed by atoms with Gasteiger partial charge in [-0.25, -0.2) is 14.4 Å². The van der Waals surface area contributed by atoms with Crippen LogP contribution in [0.2, 0.25) is 0 Å². The molecule has 1 unspecified atom stereocenters. The van der Waals surface area contributed by atoms with Crippen molar-refractivity contribution in [2.45, 2.75) is 61.3 Å². The lowest BCUT2D eigenvalue weighted by molar-refractivity contribution is -0.134. The molecular weight excluding hydrogens is 546 g/mol. The number of aliphatic carboxylic acids is 3. The van der Waals surface area contributed by atoms with Crippen molar-refractivity contribution in [2.24, 2.45) is 17.3 Å². The molecule has 0 aliphatic heterocycles. The predicted octanol–water partition coefficient (Wildman–Crippen LogP) is 4.67. The van der Waals surface area contributed by atoms with E-state index >= 15 is 0 Å². The van der Waals surface area contributed by atoms with Gasteiger partial charge in [0.15, 0.2) is 0 Å². The van der Waals surface area contributed by atoms with Crippen molar-refractivity contribution in [1.29, 1.82) is 0 Å². The van der Waals surface area contributed by atoms with Gasteiger partial charge in [-0.1, -0.05) is 54.9 Å². The van der Waals surface area contributed by atoms with Crippen molar-refractivity contribution in [3.05, 3.63) is 53.1 Å². The molecule has 0 radical (unpaired) electrons. The number of nitrogens with one attached hydrogen (secondary N) is 3. The van der Waals surface area contributed by atoms with E-state index in [9.17, 15) is 44.1 Å². The number of hydrogen-bond donors (Lipinski definition) is 6. The fourth-order valence-corrected chi connectivity index (χ4v) is 3.87. The summed E-state index contributed by atoms with van der Waals surface area (Å²) in [5, 5.41) is 35.9. The summed E-state index contributed by atoms with van der Waals surface area (Å²) >= 11 is 0. The first-order valence-electron chi connectivity index (χ1n) is 13.3. The van der Waals surface area contributed by atoms with Crippen molar-refractivity contribution in [1.82, 2.24) is 0 Å². The molecule has 12 nitrogen and oxygen atoms in total. The van der Waals surface area contributed by atoms with Crippen LogP contribution < -0.4 is 16.0 Å². The van der Waals surface area contributed by atoms with Crippen LogP contribution in [0, 0.1) is 17.3 Å². The zero-order valence-corrected chi connectivity index (χ0v) is 24.8. The van der Waals surface area contributed by atoms with Gasteiger partial charge in [-0.05, 0) is 41.9 Å².